The fourth-order valence-electron chi connectivity index (χ4n) is 2.91. The van der Waals surface area contributed by atoms with Gasteiger partial charge in [0.25, 0.3) is 0 Å². The van der Waals surface area contributed by atoms with E-state index in [1.54, 1.807) is 21.3 Å². The molecule has 0 aliphatic rings. The van der Waals surface area contributed by atoms with Crippen molar-refractivity contribution < 1.29 is 18.7 Å². The van der Waals surface area contributed by atoms with Gasteiger partial charge in [0, 0.05) is 13.5 Å². The summed E-state index contributed by atoms with van der Waals surface area (Å²) < 4.78 is 21.7. The SMILES string of the molecule is CCCc1noc(CN(C)c2ncnc3c(OC)c(OC)c(OC)cc23)n1. The molecule has 0 spiro atoms. The van der Waals surface area contributed by atoms with E-state index in [9.17, 15) is 0 Å². The monoisotopic (exact) mass is 373 g/mol. The zero-order valence-corrected chi connectivity index (χ0v) is 16.1. The first kappa shape index (κ1) is 18.7. The molecule has 0 radical (unpaired) electrons. The lowest BCUT2D eigenvalue weighted by Gasteiger charge is -2.20. The highest BCUT2D eigenvalue weighted by Crippen LogP contribution is 2.44. The van der Waals surface area contributed by atoms with Crippen LogP contribution in [0.3, 0.4) is 0 Å². The van der Waals surface area contributed by atoms with Crippen molar-refractivity contribution in [3.05, 3.63) is 24.1 Å². The first-order valence-corrected chi connectivity index (χ1v) is 8.59. The summed E-state index contributed by atoms with van der Waals surface area (Å²) in [4.78, 5) is 15.1. The minimum absolute atomic E-state index is 0.416. The first-order valence-electron chi connectivity index (χ1n) is 8.59. The van der Waals surface area contributed by atoms with E-state index in [4.69, 9.17) is 18.7 Å². The van der Waals surface area contributed by atoms with E-state index < -0.39 is 0 Å². The van der Waals surface area contributed by atoms with Gasteiger partial charge in [0.2, 0.25) is 11.6 Å². The third-order valence-corrected chi connectivity index (χ3v) is 4.13. The third-order valence-electron chi connectivity index (χ3n) is 4.13. The van der Waals surface area contributed by atoms with Crippen LogP contribution in [0.5, 0.6) is 17.2 Å². The molecule has 2 heterocycles. The zero-order valence-electron chi connectivity index (χ0n) is 16.1. The van der Waals surface area contributed by atoms with Crippen LogP contribution in [-0.4, -0.2) is 48.5 Å². The maximum Gasteiger partial charge on any atom is 0.246 e. The molecule has 27 heavy (non-hydrogen) atoms. The molecule has 3 rings (SSSR count). The molecule has 0 fully saturated rings. The van der Waals surface area contributed by atoms with E-state index >= 15 is 0 Å². The van der Waals surface area contributed by atoms with Crippen molar-refractivity contribution in [3.63, 3.8) is 0 Å². The number of nitrogens with zero attached hydrogens (tertiary/aromatic N) is 5. The summed E-state index contributed by atoms with van der Waals surface area (Å²) in [6.45, 7) is 2.49. The number of aryl methyl sites for hydroxylation is 1. The number of hydrogen-bond acceptors (Lipinski definition) is 9. The maximum atomic E-state index is 5.52. The summed E-state index contributed by atoms with van der Waals surface area (Å²) in [7, 11) is 6.60. The Kier molecular flexibility index (Phi) is 5.58. The average molecular weight is 373 g/mol. The number of aromatic nitrogens is 4. The number of methoxy groups -OCH3 is 3. The van der Waals surface area contributed by atoms with E-state index in [-0.39, 0.29) is 0 Å². The Labute approximate surface area is 157 Å². The van der Waals surface area contributed by atoms with Crippen LogP contribution >= 0.6 is 0 Å². The Morgan fingerprint density at radius 3 is 2.52 bits per heavy atom. The van der Waals surface area contributed by atoms with Gasteiger partial charge >= 0.3 is 0 Å². The summed E-state index contributed by atoms with van der Waals surface area (Å²) in [6, 6.07) is 1.83. The smallest absolute Gasteiger partial charge is 0.246 e. The lowest BCUT2D eigenvalue weighted by atomic mass is 10.1. The number of fused-ring (bicyclic) bond motifs is 1. The molecule has 0 N–H and O–H groups in total. The molecule has 0 atom stereocenters. The highest BCUT2D eigenvalue weighted by atomic mass is 16.5. The fourth-order valence-corrected chi connectivity index (χ4v) is 2.91. The molecule has 0 amide bonds. The van der Waals surface area contributed by atoms with Gasteiger partial charge in [0.15, 0.2) is 17.3 Å². The lowest BCUT2D eigenvalue weighted by Crippen LogP contribution is -2.18. The quantitative estimate of drug-likeness (QED) is 0.590. The molecule has 0 bridgehead atoms. The van der Waals surface area contributed by atoms with Crippen molar-refractivity contribution in [1.29, 1.82) is 0 Å². The lowest BCUT2D eigenvalue weighted by molar-refractivity contribution is 0.327. The topological polar surface area (TPSA) is 95.6 Å². The van der Waals surface area contributed by atoms with Crippen LogP contribution in [0.4, 0.5) is 5.82 Å². The Bertz CT molecular complexity index is 928. The second-order valence-corrected chi connectivity index (χ2v) is 5.95. The fraction of sp³-hybridized carbons (Fsp3) is 0.444. The van der Waals surface area contributed by atoms with Gasteiger partial charge in [-0.3, -0.25) is 0 Å². The number of anilines is 1. The molecular formula is C18H23N5O4. The largest absolute Gasteiger partial charge is 0.493 e. The van der Waals surface area contributed by atoms with Gasteiger partial charge in [0.05, 0.1) is 33.3 Å². The normalized spacial score (nSPS) is 10.9. The minimum atomic E-state index is 0.416. The molecule has 1 aromatic carbocycles. The number of rotatable bonds is 8. The minimum Gasteiger partial charge on any atom is -0.493 e. The van der Waals surface area contributed by atoms with Gasteiger partial charge in [-0.05, 0) is 12.5 Å². The van der Waals surface area contributed by atoms with Crippen molar-refractivity contribution in [2.45, 2.75) is 26.3 Å². The Morgan fingerprint density at radius 1 is 1.07 bits per heavy atom. The summed E-state index contributed by atoms with van der Waals surface area (Å²) in [5, 5.41) is 4.76. The van der Waals surface area contributed by atoms with Crippen LogP contribution in [0.15, 0.2) is 16.9 Å². The van der Waals surface area contributed by atoms with Crippen LogP contribution < -0.4 is 19.1 Å². The van der Waals surface area contributed by atoms with Gasteiger partial charge in [-0.25, -0.2) is 9.97 Å². The van der Waals surface area contributed by atoms with E-state index in [0.717, 1.165) is 18.2 Å². The maximum absolute atomic E-state index is 5.52. The summed E-state index contributed by atoms with van der Waals surface area (Å²) in [5.74, 6) is 3.44. The van der Waals surface area contributed by atoms with E-state index in [1.807, 2.05) is 18.0 Å². The van der Waals surface area contributed by atoms with Gasteiger partial charge < -0.3 is 23.6 Å². The molecule has 9 heteroatoms. The molecular weight excluding hydrogens is 350 g/mol. The zero-order chi connectivity index (χ0) is 19.4. The van der Waals surface area contributed by atoms with Crippen molar-refractivity contribution in [1.82, 2.24) is 20.1 Å². The Morgan fingerprint density at radius 2 is 1.85 bits per heavy atom. The van der Waals surface area contributed by atoms with Crippen molar-refractivity contribution in [3.8, 4) is 17.2 Å². The second-order valence-electron chi connectivity index (χ2n) is 5.95. The first-order chi connectivity index (χ1) is 13.1. The van der Waals surface area contributed by atoms with E-state index in [1.165, 1.54) is 6.33 Å². The molecule has 9 nitrogen and oxygen atoms in total. The molecule has 0 aliphatic carbocycles. The van der Waals surface area contributed by atoms with Crippen LogP contribution in [0.2, 0.25) is 0 Å². The number of hydrogen-bond donors (Lipinski definition) is 0. The van der Waals surface area contributed by atoms with E-state index in [2.05, 4.69) is 27.0 Å². The summed E-state index contributed by atoms with van der Waals surface area (Å²) in [6.07, 6.45) is 3.24. The van der Waals surface area contributed by atoms with Crippen molar-refractivity contribution in [2.75, 3.05) is 33.3 Å². The van der Waals surface area contributed by atoms with Crippen LogP contribution in [-0.2, 0) is 13.0 Å². The van der Waals surface area contributed by atoms with Gasteiger partial charge in [-0.1, -0.05) is 12.1 Å². The van der Waals surface area contributed by atoms with E-state index in [0.29, 0.717) is 46.8 Å². The predicted octanol–water partition coefficient (Wildman–Crippen LogP) is 2.63. The van der Waals surface area contributed by atoms with Gasteiger partial charge in [0.1, 0.15) is 17.7 Å². The van der Waals surface area contributed by atoms with Gasteiger partial charge in [-0.15, -0.1) is 0 Å². The highest BCUT2D eigenvalue weighted by Gasteiger charge is 2.21. The molecule has 3 aromatic rings. The van der Waals surface area contributed by atoms with Crippen LogP contribution in [0, 0.1) is 0 Å². The molecule has 0 saturated carbocycles. The van der Waals surface area contributed by atoms with Gasteiger partial charge in [-0.2, -0.15) is 4.98 Å². The van der Waals surface area contributed by atoms with Crippen LogP contribution in [0.1, 0.15) is 25.1 Å². The molecule has 2 aromatic heterocycles. The standard InChI is InChI=1S/C18H23N5O4/c1-6-7-13-21-14(27-22-13)9-23(2)18-11-8-12(24-3)16(25-4)17(26-5)15(11)19-10-20-18/h8,10H,6-7,9H2,1-5H3. The molecule has 144 valence electrons. The Hall–Kier alpha value is -3.10. The van der Waals surface area contributed by atoms with Crippen molar-refractivity contribution >= 4 is 16.7 Å². The van der Waals surface area contributed by atoms with Crippen LogP contribution in [0.25, 0.3) is 10.9 Å². The second kappa shape index (κ2) is 8.07. The van der Waals surface area contributed by atoms with Crippen molar-refractivity contribution in [2.24, 2.45) is 0 Å². The third kappa shape index (κ3) is 3.57. The summed E-state index contributed by atoms with van der Waals surface area (Å²) in [5.41, 5.74) is 0.629. The molecule has 0 unspecified atom stereocenters. The summed E-state index contributed by atoms with van der Waals surface area (Å²) >= 11 is 0. The molecule has 0 aliphatic heterocycles. The highest BCUT2D eigenvalue weighted by molar-refractivity contribution is 5.96. The Balaban J connectivity index is 2.02. The number of ether oxygens (including phenoxy) is 3. The number of benzene rings is 1. The predicted molar refractivity (Wildman–Crippen MR) is 99.6 cm³/mol. The molecule has 0 saturated heterocycles. The average Bonchev–Trinajstić information content (AvgIpc) is 3.12.